The second-order valence-electron chi connectivity index (χ2n) is 3.17. The third-order valence-corrected chi connectivity index (χ3v) is 2.08. The van der Waals surface area contributed by atoms with Gasteiger partial charge in [0.1, 0.15) is 0 Å². The van der Waals surface area contributed by atoms with E-state index in [1.54, 1.807) is 19.3 Å². The van der Waals surface area contributed by atoms with Crippen molar-refractivity contribution in [1.82, 2.24) is 24.8 Å². The number of nitrogens with zero attached hydrogens (tertiary/aromatic N) is 5. The molecule has 2 rings (SSSR count). The number of aryl methyl sites for hydroxylation is 2. The first-order chi connectivity index (χ1) is 7.20. The number of hydrogen-bond donors (Lipinski definition) is 0. The molecule has 0 radical (unpaired) electrons. The summed E-state index contributed by atoms with van der Waals surface area (Å²) in [5.74, 6) is 0.535. The van der Waals surface area contributed by atoms with Gasteiger partial charge in [0.2, 0.25) is 11.4 Å². The molecule has 0 unspecified atom stereocenters. The Morgan fingerprint density at radius 1 is 1.40 bits per heavy atom. The number of aromatic nitrogens is 5. The molecular formula is C9H11N5O. The summed E-state index contributed by atoms with van der Waals surface area (Å²) in [6, 6.07) is 3.18. The highest BCUT2D eigenvalue weighted by Gasteiger charge is 2.05. The number of hydrogen-bond acceptors (Lipinski definition) is 4. The van der Waals surface area contributed by atoms with Crippen molar-refractivity contribution in [2.75, 3.05) is 0 Å². The molecular weight excluding hydrogens is 194 g/mol. The lowest BCUT2D eigenvalue weighted by Crippen LogP contribution is -2.14. The largest absolute Gasteiger partial charge is 0.318 e. The van der Waals surface area contributed by atoms with E-state index in [9.17, 15) is 4.79 Å². The molecule has 0 atom stereocenters. The summed E-state index contributed by atoms with van der Waals surface area (Å²) in [5, 5.41) is 11.9. The maximum Gasteiger partial charge on any atom is 0.250 e. The van der Waals surface area contributed by atoms with Gasteiger partial charge in [-0.15, -0.1) is 10.2 Å². The topological polar surface area (TPSA) is 65.6 Å². The summed E-state index contributed by atoms with van der Waals surface area (Å²) in [6.07, 6.45) is 1.69. The predicted octanol–water partition coefficient (Wildman–Crippen LogP) is 0.0587. The first kappa shape index (κ1) is 9.57. The quantitative estimate of drug-likeness (QED) is 0.695. The molecule has 6 heteroatoms. The summed E-state index contributed by atoms with van der Waals surface area (Å²) in [6.45, 7) is 2.62. The van der Waals surface area contributed by atoms with Gasteiger partial charge in [0.15, 0.2) is 0 Å². The van der Waals surface area contributed by atoms with Crippen LogP contribution in [0.25, 0.3) is 11.4 Å². The Morgan fingerprint density at radius 3 is 2.80 bits per heavy atom. The van der Waals surface area contributed by atoms with Crippen LogP contribution in [0.15, 0.2) is 23.1 Å². The first-order valence-corrected chi connectivity index (χ1v) is 4.65. The molecule has 0 bridgehead atoms. The third-order valence-electron chi connectivity index (χ3n) is 2.08. The molecule has 0 saturated heterocycles. The molecule has 2 aromatic heterocycles. The summed E-state index contributed by atoms with van der Waals surface area (Å²) >= 11 is 0. The van der Waals surface area contributed by atoms with Crippen molar-refractivity contribution >= 4 is 0 Å². The molecule has 0 aliphatic carbocycles. The number of tetrazole rings is 1. The monoisotopic (exact) mass is 205 g/mol. The van der Waals surface area contributed by atoms with Crippen molar-refractivity contribution < 1.29 is 0 Å². The number of rotatable bonds is 2. The van der Waals surface area contributed by atoms with Gasteiger partial charge in [0, 0.05) is 24.9 Å². The van der Waals surface area contributed by atoms with Gasteiger partial charge in [-0.25, -0.2) is 0 Å². The standard InChI is InChI=1S/C9H11N5O/c1-3-14-11-9(10-12-14)7-4-5-8(15)13(2)6-7/h4-6H,3H2,1-2H3. The lowest BCUT2D eigenvalue weighted by Gasteiger charge is -1.97. The fourth-order valence-corrected chi connectivity index (χ4v) is 1.22. The molecule has 0 aliphatic heterocycles. The fraction of sp³-hybridized carbons (Fsp3) is 0.333. The van der Waals surface area contributed by atoms with E-state index in [1.807, 2.05) is 6.92 Å². The Morgan fingerprint density at radius 2 is 2.20 bits per heavy atom. The van der Waals surface area contributed by atoms with Crippen LogP contribution < -0.4 is 5.56 Å². The fourth-order valence-electron chi connectivity index (χ4n) is 1.22. The average molecular weight is 205 g/mol. The van der Waals surface area contributed by atoms with E-state index in [-0.39, 0.29) is 5.56 Å². The second kappa shape index (κ2) is 3.64. The van der Waals surface area contributed by atoms with E-state index in [4.69, 9.17) is 0 Å². The summed E-state index contributed by atoms with van der Waals surface area (Å²) in [7, 11) is 1.69. The highest BCUT2D eigenvalue weighted by atomic mass is 16.1. The molecule has 2 aromatic rings. The van der Waals surface area contributed by atoms with E-state index in [0.29, 0.717) is 12.4 Å². The molecule has 0 aromatic carbocycles. The minimum absolute atomic E-state index is 0.0540. The normalized spacial score (nSPS) is 10.5. The van der Waals surface area contributed by atoms with Crippen LogP contribution in [0.2, 0.25) is 0 Å². The van der Waals surface area contributed by atoms with Crippen molar-refractivity contribution in [3.8, 4) is 11.4 Å². The number of pyridine rings is 1. The van der Waals surface area contributed by atoms with E-state index >= 15 is 0 Å². The van der Waals surface area contributed by atoms with Crippen LogP contribution in [-0.4, -0.2) is 24.8 Å². The van der Waals surface area contributed by atoms with Gasteiger partial charge < -0.3 is 4.57 Å². The van der Waals surface area contributed by atoms with Gasteiger partial charge in [-0.05, 0) is 18.2 Å². The van der Waals surface area contributed by atoms with Crippen LogP contribution in [0.4, 0.5) is 0 Å². The summed E-state index contributed by atoms with van der Waals surface area (Å²) in [5.41, 5.74) is 0.735. The van der Waals surface area contributed by atoms with Gasteiger partial charge in [0.05, 0.1) is 6.54 Å². The summed E-state index contributed by atoms with van der Waals surface area (Å²) < 4.78 is 1.49. The zero-order valence-electron chi connectivity index (χ0n) is 8.58. The Bertz CT molecular complexity index is 527. The lowest BCUT2D eigenvalue weighted by atomic mass is 10.3. The molecule has 6 nitrogen and oxygen atoms in total. The SMILES string of the molecule is CCn1nnc(-c2ccc(=O)n(C)c2)n1. The Kier molecular flexibility index (Phi) is 2.32. The van der Waals surface area contributed by atoms with Crippen molar-refractivity contribution in [2.24, 2.45) is 7.05 Å². The molecule has 15 heavy (non-hydrogen) atoms. The smallest absolute Gasteiger partial charge is 0.250 e. The molecule has 0 amide bonds. The zero-order valence-corrected chi connectivity index (χ0v) is 8.58. The second-order valence-corrected chi connectivity index (χ2v) is 3.17. The van der Waals surface area contributed by atoms with Gasteiger partial charge in [0.25, 0.3) is 0 Å². The minimum Gasteiger partial charge on any atom is -0.318 e. The van der Waals surface area contributed by atoms with Gasteiger partial charge in [-0.1, -0.05) is 0 Å². The lowest BCUT2D eigenvalue weighted by molar-refractivity contribution is 0.552. The van der Waals surface area contributed by atoms with Crippen LogP contribution in [0.3, 0.4) is 0 Å². The van der Waals surface area contributed by atoms with E-state index in [0.717, 1.165) is 5.56 Å². The molecule has 78 valence electrons. The highest BCUT2D eigenvalue weighted by Crippen LogP contribution is 2.09. The molecule has 2 heterocycles. The predicted molar refractivity (Wildman–Crippen MR) is 54.2 cm³/mol. The van der Waals surface area contributed by atoms with Crippen molar-refractivity contribution in [1.29, 1.82) is 0 Å². The Hall–Kier alpha value is -1.98. The van der Waals surface area contributed by atoms with E-state index in [2.05, 4.69) is 15.4 Å². The van der Waals surface area contributed by atoms with Crippen LogP contribution in [0, 0.1) is 0 Å². The van der Waals surface area contributed by atoms with Crippen LogP contribution in [0.1, 0.15) is 6.92 Å². The van der Waals surface area contributed by atoms with Crippen LogP contribution in [0.5, 0.6) is 0 Å². The Labute approximate surface area is 86.2 Å². The van der Waals surface area contributed by atoms with Crippen molar-refractivity contribution in [3.05, 3.63) is 28.7 Å². The first-order valence-electron chi connectivity index (χ1n) is 4.65. The molecule has 0 aliphatic rings. The van der Waals surface area contributed by atoms with Gasteiger partial charge in [-0.3, -0.25) is 4.79 Å². The van der Waals surface area contributed by atoms with Crippen LogP contribution >= 0.6 is 0 Å². The van der Waals surface area contributed by atoms with Crippen LogP contribution in [-0.2, 0) is 13.6 Å². The molecule has 0 fully saturated rings. The van der Waals surface area contributed by atoms with E-state index < -0.39 is 0 Å². The van der Waals surface area contributed by atoms with Gasteiger partial charge >= 0.3 is 0 Å². The maximum absolute atomic E-state index is 11.2. The molecule has 0 spiro atoms. The Balaban J connectivity index is 2.45. The maximum atomic E-state index is 11.2. The third kappa shape index (κ3) is 1.78. The van der Waals surface area contributed by atoms with Crippen molar-refractivity contribution in [3.63, 3.8) is 0 Å². The minimum atomic E-state index is -0.0540. The van der Waals surface area contributed by atoms with E-state index in [1.165, 1.54) is 15.4 Å². The van der Waals surface area contributed by atoms with Gasteiger partial charge in [-0.2, -0.15) is 4.80 Å². The summed E-state index contributed by atoms with van der Waals surface area (Å²) in [4.78, 5) is 12.7. The molecule has 0 N–H and O–H groups in total. The highest BCUT2D eigenvalue weighted by molar-refractivity contribution is 5.51. The average Bonchev–Trinajstić information content (AvgIpc) is 2.70. The van der Waals surface area contributed by atoms with Crippen molar-refractivity contribution in [2.45, 2.75) is 13.5 Å². The molecule has 0 saturated carbocycles. The zero-order chi connectivity index (χ0) is 10.8.